The SMILES string of the molecule is C=C1C=C(O)/C=C\CC2=C(/C=C\1)C(C1=C(C(=O)O)C=CC(C)(C(=O)O)C=C1)=C1CC(Cl)C(=O)CC1O2. The van der Waals surface area contributed by atoms with E-state index in [1.807, 2.05) is 0 Å². The number of aliphatic hydroxyl groups is 1. The first kappa shape index (κ1) is 25.3. The molecule has 1 aliphatic heterocycles. The molecule has 4 aliphatic rings. The van der Waals surface area contributed by atoms with E-state index < -0.39 is 28.8 Å². The second kappa shape index (κ2) is 9.66. The third-order valence-electron chi connectivity index (χ3n) is 6.53. The van der Waals surface area contributed by atoms with Crippen LogP contribution in [-0.2, 0) is 19.1 Å². The van der Waals surface area contributed by atoms with Crippen molar-refractivity contribution in [2.75, 3.05) is 0 Å². The van der Waals surface area contributed by atoms with E-state index in [-0.39, 0.29) is 36.4 Å². The Morgan fingerprint density at radius 2 is 1.81 bits per heavy atom. The fourth-order valence-electron chi connectivity index (χ4n) is 4.51. The van der Waals surface area contributed by atoms with E-state index in [0.29, 0.717) is 33.6 Å². The number of hydrogen-bond acceptors (Lipinski definition) is 5. The monoisotopic (exact) mass is 508 g/mol. The van der Waals surface area contributed by atoms with Crippen molar-refractivity contribution < 1.29 is 34.4 Å². The van der Waals surface area contributed by atoms with Gasteiger partial charge in [-0.15, -0.1) is 11.6 Å². The Labute approximate surface area is 213 Å². The Kier molecular flexibility index (Phi) is 6.78. The molecular formula is C28H25ClO7. The van der Waals surface area contributed by atoms with Crippen molar-refractivity contribution in [1.82, 2.24) is 0 Å². The van der Waals surface area contributed by atoms with Crippen molar-refractivity contribution >= 4 is 29.3 Å². The van der Waals surface area contributed by atoms with Gasteiger partial charge < -0.3 is 20.1 Å². The third kappa shape index (κ3) is 4.79. The van der Waals surface area contributed by atoms with Crippen LogP contribution < -0.4 is 0 Å². The molecular weight excluding hydrogens is 484 g/mol. The number of carboxylic acid groups (broad SMARTS) is 2. The number of hydrogen-bond donors (Lipinski definition) is 3. The van der Waals surface area contributed by atoms with E-state index in [1.54, 1.807) is 18.2 Å². The maximum atomic E-state index is 12.5. The lowest BCUT2D eigenvalue weighted by atomic mass is 9.78. The third-order valence-corrected chi connectivity index (χ3v) is 6.93. The first-order chi connectivity index (χ1) is 17.0. The lowest BCUT2D eigenvalue weighted by molar-refractivity contribution is -0.143. The van der Waals surface area contributed by atoms with Crippen molar-refractivity contribution in [3.05, 3.63) is 106 Å². The molecule has 0 aromatic carbocycles. The standard InChI is InChI=1S/C28H25ClO7/c1-15-6-7-19-23(5-3-4-16(30)12-15)36-24-14-22(31)21(29)13-20(24)25(19)17-8-10-28(2,27(34)35)11-9-18(17)26(32)33/h3-4,6-12,21,24,30H,1,5,13-14H2,2H3,(H,32,33)(H,34,35)/b4-3-,7-6-,16-12?. The van der Waals surface area contributed by atoms with Gasteiger partial charge in [0.25, 0.3) is 0 Å². The fraction of sp³-hybridized carbons (Fsp3) is 0.250. The zero-order chi connectivity index (χ0) is 26.2. The second-order valence-corrected chi connectivity index (χ2v) is 9.68. The molecule has 0 aromatic heterocycles. The second-order valence-electron chi connectivity index (χ2n) is 9.16. The van der Waals surface area contributed by atoms with Crippen LogP contribution in [0.25, 0.3) is 0 Å². The number of ketones is 1. The molecule has 3 aliphatic carbocycles. The van der Waals surface area contributed by atoms with Crippen LogP contribution in [0.5, 0.6) is 0 Å². The maximum absolute atomic E-state index is 12.5. The number of rotatable bonds is 3. The van der Waals surface area contributed by atoms with Gasteiger partial charge in [0.2, 0.25) is 0 Å². The molecule has 3 unspecified atom stereocenters. The van der Waals surface area contributed by atoms with Crippen LogP contribution in [0.3, 0.4) is 0 Å². The van der Waals surface area contributed by atoms with E-state index in [2.05, 4.69) is 6.58 Å². The molecule has 0 aromatic rings. The van der Waals surface area contributed by atoms with E-state index in [4.69, 9.17) is 16.3 Å². The average Bonchev–Trinajstić information content (AvgIpc) is 2.98. The van der Waals surface area contributed by atoms with E-state index in [9.17, 15) is 29.7 Å². The summed E-state index contributed by atoms with van der Waals surface area (Å²) in [6.07, 6.45) is 13.5. The van der Waals surface area contributed by atoms with Gasteiger partial charge in [-0.1, -0.05) is 43.0 Å². The first-order valence-corrected chi connectivity index (χ1v) is 11.8. The number of carbonyl (C=O) groups excluding carboxylic acids is 1. The number of fused-ring (bicyclic) bond motifs is 1. The lowest BCUT2D eigenvalue weighted by Crippen LogP contribution is -2.36. The van der Waals surface area contributed by atoms with Crippen molar-refractivity contribution in [1.29, 1.82) is 0 Å². The minimum Gasteiger partial charge on any atom is -0.508 e. The number of alkyl halides is 1. The summed E-state index contributed by atoms with van der Waals surface area (Å²) in [7, 11) is 0. The highest BCUT2D eigenvalue weighted by Crippen LogP contribution is 2.45. The molecule has 3 N–H and O–H groups in total. The summed E-state index contributed by atoms with van der Waals surface area (Å²) in [4.78, 5) is 36.8. The molecule has 7 nitrogen and oxygen atoms in total. The number of ether oxygens (including phenoxy) is 1. The number of halogens is 1. The van der Waals surface area contributed by atoms with Crippen molar-refractivity contribution in [2.24, 2.45) is 5.41 Å². The molecule has 0 bridgehead atoms. The van der Waals surface area contributed by atoms with Crippen LogP contribution in [0.4, 0.5) is 0 Å². The summed E-state index contributed by atoms with van der Waals surface area (Å²) in [5.41, 5.74) is 1.07. The Hall–Kier alpha value is -3.84. The topological polar surface area (TPSA) is 121 Å². The van der Waals surface area contributed by atoms with Crippen LogP contribution >= 0.6 is 11.6 Å². The molecule has 0 saturated heterocycles. The van der Waals surface area contributed by atoms with Gasteiger partial charge in [0.05, 0.1) is 11.0 Å². The van der Waals surface area contributed by atoms with Crippen LogP contribution in [0.15, 0.2) is 106 Å². The number of carboxylic acids is 2. The molecule has 0 spiro atoms. The van der Waals surface area contributed by atoms with E-state index in [0.717, 1.165) is 0 Å². The smallest absolute Gasteiger partial charge is 0.336 e. The average molecular weight is 509 g/mol. The predicted octanol–water partition coefficient (Wildman–Crippen LogP) is 5.02. The number of aliphatic carboxylic acids is 2. The van der Waals surface area contributed by atoms with Gasteiger partial charge in [0.15, 0.2) is 5.78 Å². The quantitative estimate of drug-likeness (QED) is 0.458. The molecule has 0 amide bonds. The highest BCUT2D eigenvalue weighted by atomic mass is 35.5. The molecule has 8 heteroatoms. The maximum Gasteiger partial charge on any atom is 0.336 e. The highest BCUT2D eigenvalue weighted by molar-refractivity contribution is 6.31. The van der Waals surface area contributed by atoms with Gasteiger partial charge in [-0.2, -0.15) is 0 Å². The molecule has 36 heavy (non-hydrogen) atoms. The van der Waals surface area contributed by atoms with Gasteiger partial charge in [0, 0.05) is 18.4 Å². The molecule has 0 radical (unpaired) electrons. The number of aliphatic hydroxyl groups excluding tert-OH is 1. The summed E-state index contributed by atoms with van der Waals surface area (Å²) in [6.45, 7) is 5.39. The summed E-state index contributed by atoms with van der Waals surface area (Å²) in [5, 5.41) is 29.1. The molecule has 4 rings (SSSR count). The zero-order valence-corrected chi connectivity index (χ0v) is 20.3. The van der Waals surface area contributed by atoms with E-state index >= 15 is 0 Å². The van der Waals surface area contributed by atoms with Gasteiger partial charge in [0.1, 0.15) is 23.0 Å². The highest BCUT2D eigenvalue weighted by Gasteiger charge is 2.40. The van der Waals surface area contributed by atoms with Gasteiger partial charge in [-0.3, -0.25) is 9.59 Å². The Balaban J connectivity index is 2.01. The number of carbonyl (C=O) groups is 3. The predicted molar refractivity (Wildman–Crippen MR) is 134 cm³/mol. The van der Waals surface area contributed by atoms with Gasteiger partial charge in [-0.25, -0.2) is 4.79 Å². The van der Waals surface area contributed by atoms with Crippen LogP contribution in [0.2, 0.25) is 0 Å². The minimum absolute atomic E-state index is 0.0134. The fourth-order valence-corrected chi connectivity index (χ4v) is 4.76. The largest absolute Gasteiger partial charge is 0.508 e. The van der Waals surface area contributed by atoms with Gasteiger partial charge in [-0.05, 0) is 53.9 Å². The van der Waals surface area contributed by atoms with Crippen molar-refractivity contribution in [2.45, 2.75) is 37.7 Å². The molecule has 1 heterocycles. The summed E-state index contributed by atoms with van der Waals surface area (Å²) in [5.74, 6) is -2.03. The molecule has 186 valence electrons. The van der Waals surface area contributed by atoms with E-state index in [1.165, 1.54) is 43.4 Å². The normalized spacial score (nSPS) is 30.1. The van der Waals surface area contributed by atoms with Crippen molar-refractivity contribution in [3.63, 3.8) is 0 Å². The lowest BCUT2D eigenvalue weighted by Gasteiger charge is -2.36. The summed E-state index contributed by atoms with van der Waals surface area (Å²) < 4.78 is 6.25. The Morgan fingerprint density at radius 1 is 1.08 bits per heavy atom. The van der Waals surface area contributed by atoms with Crippen LogP contribution in [0.1, 0.15) is 26.2 Å². The Bertz CT molecular complexity index is 1310. The first-order valence-electron chi connectivity index (χ1n) is 11.3. The number of allylic oxidation sites excluding steroid dienone is 10. The number of Topliss-reactive ketones (excluding diaryl/α,β-unsaturated/α-hetero) is 1. The Morgan fingerprint density at radius 3 is 2.50 bits per heavy atom. The minimum atomic E-state index is -1.42. The molecule has 1 fully saturated rings. The molecule has 3 atom stereocenters. The van der Waals surface area contributed by atoms with Crippen LogP contribution in [-0.4, -0.2) is 44.5 Å². The zero-order valence-electron chi connectivity index (χ0n) is 19.5. The van der Waals surface area contributed by atoms with Crippen LogP contribution in [0, 0.1) is 5.41 Å². The summed E-state index contributed by atoms with van der Waals surface area (Å²) in [6, 6.07) is 0. The van der Waals surface area contributed by atoms with Gasteiger partial charge >= 0.3 is 11.9 Å². The summed E-state index contributed by atoms with van der Waals surface area (Å²) >= 11 is 6.35. The molecule has 1 saturated carbocycles. The van der Waals surface area contributed by atoms with Crippen molar-refractivity contribution in [3.8, 4) is 0 Å².